The molecule has 0 spiro atoms. The van der Waals surface area contributed by atoms with Crippen molar-refractivity contribution >= 4 is 50.0 Å². The number of hydrogen-bond acceptors (Lipinski definition) is 5. The number of rotatable bonds is 5. The third-order valence-electron chi connectivity index (χ3n) is 5.10. The van der Waals surface area contributed by atoms with E-state index in [0.29, 0.717) is 34.0 Å². The predicted octanol–water partition coefficient (Wildman–Crippen LogP) is 3.60. The van der Waals surface area contributed by atoms with Crippen molar-refractivity contribution in [2.75, 3.05) is 34.0 Å². The number of carbonyl (C=O) groups is 1. The lowest BCUT2D eigenvalue weighted by Gasteiger charge is -2.18. The first-order valence-electron chi connectivity index (χ1n) is 9.56. The Morgan fingerprint density at radius 2 is 1.68 bits per heavy atom. The summed E-state index contributed by atoms with van der Waals surface area (Å²) in [6.45, 7) is 0. The van der Waals surface area contributed by atoms with Crippen LogP contribution in [0.1, 0.15) is 11.1 Å². The van der Waals surface area contributed by atoms with Crippen molar-refractivity contribution in [1.82, 2.24) is 0 Å². The Labute approximate surface area is 181 Å². The average molecular weight is 435 g/mol. The van der Waals surface area contributed by atoms with Crippen LogP contribution in [0, 0.1) is 0 Å². The van der Waals surface area contributed by atoms with Gasteiger partial charge < -0.3 is 16.4 Å². The lowest BCUT2D eigenvalue weighted by molar-refractivity contribution is -0.110. The monoisotopic (exact) mass is 434 g/mol. The van der Waals surface area contributed by atoms with Gasteiger partial charge in [-0.3, -0.25) is 9.10 Å². The van der Waals surface area contributed by atoms with Gasteiger partial charge in [0.15, 0.2) is 0 Å². The number of fused-ring (bicyclic) bond motifs is 1. The van der Waals surface area contributed by atoms with Crippen LogP contribution in [-0.4, -0.2) is 27.6 Å². The largest absolute Gasteiger partial charge is 0.399 e. The number of anilines is 4. The Kier molecular flexibility index (Phi) is 5.16. The van der Waals surface area contributed by atoms with E-state index in [1.807, 2.05) is 30.3 Å². The summed E-state index contributed by atoms with van der Waals surface area (Å²) >= 11 is 0. The lowest BCUT2D eigenvalue weighted by Crippen LogP contribution is -2.24. The highest BCUT2D eigenvalue weighted by atomic mass is 32.2. The van der Waals surface area contributed by atoms with Crippen LogP contribution in [-0.2, 0) is 14.8 Å². The van der Waals surface area contributed by atoms with Crippen molar-refractivity contribution in [3.05, 3.63) is 83.9 Å². The number of sulfonamides is 1. The van der Waals surface area contributed by atoms with Crippen LogP contribution in [0.2, 0.25) is 0 Å². The summed E-state index contributed by atoms with van der Waals surface area (Å²) < 4.78 is 24.8. The molecule has 0 atom stereocenters. The highest BCUT2D eigenvalue weighted by Crippen LogP contribution is 2.38. The van der Waals surface area contributed by atoms with Crippen LogP contribution in [0.25, 0.3) is 11.3 Å². The minimum Gasteiger partial charge on any atom is -0.399 e. The van der Waals surface area contributed by atoms with Gasteiger partial charge in [0, 0.05) is 29.7 Å². The smallest absolute Gasteiger partial charge is 0.258 e. The van der Waals surface area contributed by atoms with Crippen LogP contribution < -0.4 is 20.7 Å². The number of nitrogens with zero attached hydrogens (tertiary/aromatic N) is 1. The SMILES string of the molecule is CN(c1ccc(NC(=C2C(=O)Nc3ccc(N)cc32)c2ccccc2)cc1)S(C)(=O)=O. The maximum atomic E-state index is 12.9. The van der Waals surface area contributed by atoms with Gasteiger partial charge in [-0.15, -0.1) is 0 Å². The lowest BCUT2D eigenvalue weighted by atomic mass is 9.99. The summed E-state index contributed by atoms with van der Waals surface area (Å²) in [4.78, 5) is 12.9. The molecule has 31 heavy (non-hydrogen) atoms. The first-order chi connectivity index (χ1) is 14.7. The maximum Gasteiger partial charge on any atom is 0.258 e. The van der Waals surface area contributed by atoms with Gasteiger partial charge >= 0.3 is 0 Å². The summed E-state index contributed by atoms with van der Waals surface area (Å²) in [6.07, 6.45) is 1.15. The summed E-state index contributed by atoms with van der Waals surface area (Å²) in [7, 11) is -1.85. The van der Waals surface area contributed by atoms with Crippen LogP contribution in [0.4, 0.5) is 22.7 Å². The first kappa shape index (κ1) is 20.5. The van der Waals surface area contributed by atoms with Gasteiger partial charge in [-0.2, -0.15) is 0 Å². The molecule has 1 amide bonds. The zero-order valence-corrected chi connectivity index (χ0v) is 17.9. The highest BCUT2D eigenvalue weighted by molar-refractivity contribution is 7.92. The molecule has 1 aliphatic rings. The summed E-state index contributed by atoms with van der Waals surface area (Å²) in [5.41, 5.74) is 11.2. The Bertz CT molecular complexity index is 1280. The number of nitrogens with two attached hydrogens (primary N) is 1. The van der Waals surface area contributed by atoms with E-state index < -0.39 is 10.0 Å². The van der Waals surface area contributed by atoms with Crippen molar-refractivity contribution in [1.29, 1.82) is 0 Å². The zero-order valence-electron chi connectivity index (χ0n) is 17.1. The fraction of sp³-hybridized carbons (Fsp3) is 0.0870. The third-order valence-corrected chi connectivity index (χ3v) is 6.30. The molecule has 3 aromatic carbocycles. The minimum atomic E-state index is -3.35. The van der Waals surface area contributed by atoms with E-state index in [2.05, 4.69) is 10.6 Å². The van der Waals surface area contributed by atoms with Crippen molar-refractivity contribution in [2.24, 2.45) is 0 Å². The normalized spacial score (nSPS) is 14.6. The van der Waals surface area contributed by atoms with Crippen LogP contribution in [0.3, 0.4) is 0 Å². The van der Waals surface area contributed by atoms with E-state index in [4.69, 9.17) is 5.73 Å². The van der Waals surface area contributed by atoms with Gasteiger partial charge in [-0.1, -0.05) is 30.3 Å². The quantitative estimate of drug-likeness (QED) is 0.420. The molecule has 1 aliphatic heterocycles. The maximum absolute atomic E-state index is 12.9. The second-order valence-corrected chi connectivity index (χ2v) is 9.29. The standard InChI is InChI=1S/C23H22N4O3S/c1-27(31(2,29)30)18-11-9-17(10-12-18)25-22(15-6-4-3-5-7-15)21-19-14-16(24)8-13-20(19)26-23(21)28/h3-14,25H,24H2,1-2H3,(H,26,28). The van der Waals surface area contributed by atoms with Crippen molar-refractivity contribution < 1.29 is 13.2 Å². The second kappa shape index (κ2) is 7.81. The molecule has 0 bridgehead atoms. The molecule has 7 nitrogen and oxygen atoms in total. The van der Waals surface area contributed by atoms with E-state index in [-0.39, 0.29) is 5.91 Å². The molecule has 0 saturated heterocycles. The molecule has 0 unspecified atom stereocenters. The molecule has 4 N–H and O–H groups in total. The number of nitrogens with one attached hydrogen (secondary N) is 2. The zero-order chi connectivity index (χ0) is 22.2. The summed E-state index contributed by atoms with van der Waals surface area (Å²) in [5.74, 6) is -0.222. The van der Waals surface area contributed by atoms with E-state index in [1.165, 1.54) is 11.4 Å². The molecule has 158 valence electrons. The second-order valence-electron chi connectivity index (χ2n) is 7.28. The number of nitrogen functional groups attached to an aromatic ring is 1. The molecule has 4 rings (SSSR count). The molecule has 0 radical (unpaired) electrons. The fourth-order valence-electron chi connectivity index (χ4n) is 3.41. The van der Waals surface area contributed by atoms with E-state index in [1.54, 1.807) is 42.5 Å². The predicted molar refractivity (Wildman–Crippen MR) is 126 cm³/mol. The van der Waals surface area contributed by atoms with Gasteiger partial charge in [0.25, 0.3) is 5.91 Å². The minimum absolute atomic E-state index is 0.222. The summed E-state index contributed by atoms with van der Waals surface area (Å²) in [6, 6.07) is 21.8. The number of amides is 1. The van der Waals surface area contributed by atoms with Crippen LogP contribution in [0.5, 0.6) is 0 Å². The summed E-state index contributed by atoms with van der Waals surface area (Å²) in [5, 5.41) is 6.23. The molecule has 1 heterocycles. The van der Waals surface area contributed by atoms with Crippen LogP contribution >= 0.6 is 0 Å². The van der Waals surface area contributed by atoms with Crippen LogP contribution in [0.15, 0.2) is 72.8 Å². The van der Waals surface area contributed by atoms with Gasteiger partial charge in [0.1, 0.15) is 0 Å². The average Bonchev–Trinajstić information content (AvgIpc) is 3.07. The number of carbonyl (C=O) groups excluding carboxylic acids is 1. The Balaban J connectivity index is 1.80. The van der Waals surface area contributed by atoms with E-state index >= 15 is 0 Å². The van der Waals surface area contributed by atoms with Gasteiger partial charge in [0.05, 0.1) is 23.2 Å². The molecule has 0 saturated carbocycles. The topological polar surface area (TPSA) is 105 Å². The molecule has 0 fully saturated rings. The molecule has 8 heteroatoms. The number of hydrogen-bond donors (Lipinski definition) is 3. The van der Waals surface area contributed by atoms with Crippen molar-refractivity contribution in [2.45, 2.75) is 0 Å². The molecule has 0 aliphatic carbocycles. The van der Waals surface area contributed by atoms with E-state index in [9.17, 15) is 13.2 Å². The highest BCUT2D eigenvalue weighted by Gasteiger charge is 2.28. The first-order valence-corrected chi connectivity index (χ1v) is 11.4. The molecule has 3 aromatic rings. The van der Waals surface area contributed by atoms with Gasteiger partial charge in [-0.05, 0) is 48.0 Å². The fourth-order valence-corrected chi connectivity index (χ4v) is 3.91. The van der Waals surface area contributed by atoms with E-state index in [0.717, 1.165) is 17.4 Å². The Morgan fingerprint density at radius 1 is 1.00 bits per heavy atom. The molecular formula is C23H22N4O3S. The Morgan fingerprint density at radius 3 is 2.32 bits per heavy atom. The van der Waals surface area contributed by atoms with Crippen molar-refractivity contribution in [3.8, 4) is 0 Å². The third kappa shape index (κ3) is 4.10. The van der Waals surface area contributed by atoms with Gasteiger partial charge in [-0.25, -0.2) is 8.42 Å². The molecular weight excluding hydrogens is 412 g/mol. The molecule has 0 aromatic heterocycles. The van der Waals surface area contributed by atoms with Crippen molar-refractivity contribution in [3.63, 3.8) is 0 Å². The van der Waals surface area contributed by atoms with Gasteiger partial charge in [0.2, 0.25) is 10.0 Å². The number of benzene rings is 3. The Hall–Kier alpha value is -3.78.